The van der Waals surface area contributed by atoms with E-state index in [0.29, 0.717) is 42.1 Å². The largest absolute Gasteiger partial charge is 0.497 e. The first-order chi connectivity index (χ1) is 26.3. The summed E-state index contributed by atoms with van der Waals surface area (Å²) in [7, 11) is 1.59. The van der Waals surface area contributed by atoms with Crippen LogP contribution in [0.4, 0.5) is 4.79 Å². The van der Waals surface area contributed by atoms with Crippen LogP contribution in [0.3, 0.4) is 0 Å². The van der Waals surface area contributed by atoms with Crippen molar-refractivity contribution in [2.24, 2.45) is 5.92 Å². The maximum atomic E-state index is 14.4. The Bertz CT molecular complexity index is 1950. The first-order valence-electron chi connectivity index (χ1n) is 18.9. The van der Waals surface area contributed by atoms with E-state index in [9.17, 15) is 19.2 Å². The number of pyridine rings is 1. The van der Waals surface area contributed by atoms with Gasteiger partial charge in [0.05, 0.1) is 24.9 Å². The molecular formula is C43H53N5O7. The van der Waals surface area contributed by atoms with Crippen molar-refractivity contribution >= 4 is 34.7 Å². The summed E-state index contributed by atoms with van der Waals surface area (Å²) in [6, 6.07) is 23.8. The number of methoxy groups -OCH3 is 1. The maximum Gasteiger partial charge on any atom is 0.408 e. The Morgan fingerprint density at radius 1 is 0.927 bits per heavy atom. The van der Waals surface area contributed by atoms with Crippen LogP contribution in [0.1, 0.15) is 66.4 Å². The summed E-state index contributed by atoms with van der Waals surface area (Å²) >= 11 is 0. The Kier molecular flexibility index (Phi) is 13.4. The molecule has 0 radical (unpaired) electrons. The highest BCUT2D eigenvalue weighted by Gasteiger charge is 2.45. The van der Waals surface area contributed by atoms with E-state index < -0.39 is 47.7 Å². The van der Waals surface area contributed by atoms with Gasteiger partial charge in [-0.25, -0.2) is 9.78 Å². The normalized spacial score (nSPS) is 16.6. The Morgan fingerprint density at radius 3 is 2.25 bits per heavy atom. The van der Waals surface area contributed by atoms with Crippen molar-refractivity contribution in [1.82, 2.24) is 25.8 Å². The van der Waals surface area contributed by atoms with E-state index in [2.05, 4.69) is 16.0 Å². The molecule has 4 amide bonds. The quantitative estimate of drug-likeness (QED) is 0.134. The van der Waals surface area contributed by atoms with E-state index in [1.54, 1.807) is 27.9 Å². The number of hydrogen-bond donors (Lipinski definition) is 3. The van der Waals surface area contributed by atoms with E-state index in [1.165, 1.54) is 4.90 Å². The Balaban J connectivity index is 1.45. The molecule has 0 spiro atoms. The molecule has 3 N–H and O–H groups in total. The van der Waals surface area contributed by atoms with Gasteiger partial charge in [0.1, 0.15) is 41.3 Å². The predicted molar refractivity (Wildman–Crippen MR) is 211 cm³/mol. The second-order valence-corrected chi connectivity index (χ2v) is 15.2. The first-order valence-corrected chi connectivity index (χ1v) is 18.9. The SMILES string of the molecule is CCC[C@H](NC(=O)C1CC(Oc2cc(-c3ccccc3)nc3cc(OC)ccc23)CN1C(=O)[C@@H](NC(=O)OC(C)(C)C)C(C)C)C(=O)NCc1ccccc1. The Morgan fingerprint density at radius 2 is 1.62 bits per heavy atom. The van der Waals surface area contributed by atoms with Gasteiger partial charge in [-0.3, -0.25) is 14.4 Å². The molecule has 0 aliphatic carbocycles. The maximum absolute atomic E-state index is 14.4. The minimum Gasteiger partial charge on any atom is -0.497 e. The van der Waals surface area contributed by atoms with Gasteiger partial charge < -0.3 is 35.1 Å². The van der Waals surface area contributed by atoms with Crippen LogP contribution in [0.5, 0.6) is 11.5 Å². The summed E-state index contributed by atoms with van der Waals surface area (Å²) in [5.41, 5.74) is 2.37. The number of benzene rings is 3. The molecule has 1 fully saturated rings. The monoisotopic (exact) mass is 751 g/mol. The van der Waals surface area contributed by atoms with Crippen molar-refractivity contribution in [3.63, 3.8) is 0 Å². The van der Waals surface area contributed by atoms with Crippen LogP contribution < -0.4 is 25.4 Å². The third kappa shape index (κ3) is 10.7. The standard InChI is InChI=1S/C43H53N5O7/c1-8-15-33(39(49)44-25-28-16-11-9-12-17-28)46-40(50)36-23-31(26-48(36)41(51)38(27(2)3)47-42(52)55-43(4,5)6)54-37-24-34(29-18-13-10-14-19-29)45-35-22-30(53-7)20-21-32(35)37/h9-14,16-22,24,27,31,33,36,38H,8,15,23,25-26H2,1-7H3,(H,44,49)(H,46,50)(H,47,52)/t31?,33-,36?,38-/m0/s1. The number of hydrogen-bond acceptors (Lipinski definition) is 8. The average molecular weight is 752 g/mol. The summed E-state index contributed by atoms with van der Waals surface area (Å²) in [6.07, 6.45) is -0.183. The molecule has 12 heteroatoms. The summed E-state index contributed by atoms with van der Waals surface area (Å²) in [5.74, 6) is -0.434. The smallest absolute Gasteiger partial charge is 0.408 e. The summed E-state index contributed by atoms with van der Waals surface area (Å²) in [4.78, 5) is 61.4. The molecule has 12 nitrogen and oxygen atoms in total. The van der Waals surface area contributed by atoms with E-state index in [1.807, 2.05) is 106 Å². The van der Waals surface area contributed by atoms with Gasteiger partial charge in [0.2, 0.25) is 17.7 Å². The molecule has 292 valence electrons. The van der Waals surface area contributed by atoms with Gasteiger partial charge in [-0.05, 0) is 50.8 Å². The van der Waals surface area contributed by atoms with Gasteiger partial charge in [0.25, 0.3) is 0 Å². The molecule has 1 saturated heterocycles. The first kappa shape index (κ1) is 40.5. The van der Waals surface area contributed by atoms with Crippen LogP contribution in [0.15, 0.2) is 84.9 Å². The van der Waals surface area contributed by atoms with E-state index in [-0.39, 0.29) is 24.8 Å². The highest BCUT2D eigenvalue weighted by molar-refractivity contribution is 5.95. The molecule has 3 aromatic carbocycles. The number of fused-ring (bicyclic) bond motifs is 1. The molecule has 1 aliphatic heterocycles. The van der Waals surface area contributed by atoms with E-state index >= 15 is 0 Å². The lowest BCUT2D eigenvalue weighted by atomic mass is 10.0. The van der Waals surface area contributed by atoms with Crippen LogP contribution in [0, 0.1) is 5.92 Å². The van der Waals surface area contributed by atoms with Gasteiger partial charge >= 0.3 is 6.09 Å². The van der Waals surface area contributed by atoms with Crippen molar-refractivity contribution in [3.8, 4) is 22.8 Å². The second-order valence-electron chi connectivity index (χ2n) is 15.2. The number of ether oxygens (including phenoxy) is 3. The van der Waals surface area contributed by atoms with Gasteiger partial charge in [0.15, 0.2) is 0 Å². The van der Waals surface area contributed by atoms with Gasteiger partial charge in [-0.1, -0.05) is 87.9 Å². The molecule has 1 aliphatic rings. The van der Waals surface area contributed by atoms with Crippen molar-refractivity contribution < 1.29 is 33.4 Å². The summed E-state index contributed by atoms with van der Waals surface area (Å²) in [5, 5.41) is 9.35. The molecular weight excluding hydrogens is 699 g/mol. The lowest BCUT2D eigenvalue weighted by Gasteiger charge is -2.31. The molecule has 2 unspecified atom stereocenters. The predicted octanol–water partition coefficient (Wildman–Crippen LogP) is 6.41. The fourth-order valence-electron chi connectivity index (χ4n) is 6.57. The lowest BCUT2D eigenvalue weighted by molar-refractivity contribution is -0.141. The minimum atomic E-state index is -0.998. The van der Waals surface area contributed by atoms with Gasteiger partial charge in [-0.2, -0.15) is 0 Å². The number of aromatic nitrogens is 1. The summed E-state index contributed by atoms with van der Waals surface area (Å²) in [6.45, 7) is 11.2. The second kappa shape index (κ2) is 18.1. The van der Waals surface area contributed by atoms with Crippen LogP contribution in [-0.4, -0.2) is 77.2 Å². The number of likely N-dealkylation sites (tertiary alicyclic amines) is 1. The minimum absolute atomic E-state index is 0.0510. The number of amides is 4. The molecule has 2 heterocycles. The molecule has 4 aromatic rings. The van der Waals surface area contributed by atoms with Crippen molar-refractivity contribution in [1.29, 1.82) is 0 Å². The molecule has 0 bridgehead atoms. The Labute approximate surface area is 323 Å². The number of rotatable bonds is 14. The van der Waals surface area contributed by atoms with Crippen LogP contribution in [0.25, 0.3) is 22.2 Å². The van der Waals surface area contributed by atoms with Crippen molar-refractivity contribution in [2.75, 3.05) is 13.7 Å². The zero-order valence-corrected chi connectivity index (χ0v) is 32.8. The number of nitrogens with zero attached hydrogens (tertiary/aromatic N) is 2. The van der Waals surface area contributed by atoms with E-state index in [0.717, 1.165) is 16.5 Å². The number of carbonyl (C=O) groups is 4. The molecule has 4 atom stereocenters. The average Bonchev–Trinajstić information content (AvgIpc) is 3.59. The molecule has 1 aromatic heterocycles. The third-order valence-corrected chi connectivity index (χ3v) is 9.32. The fraction of sp³-hybridized carbons (Fsp3) is 0.419. The van der Waals surface area contributed by atoms with Crippen molar-refractivity contribution in [2.45, 2.75) is 97.2 Å². The van der Waals surface area contributed by atoms with E-state index in [4.69, 9.17) is 19.2 Å². The Hall–Kier alpha value is -5.65. The molecule has 55 heavy (non-hydrogen) atoms. The van der Waals surface area contributed by atoms with Crippen LogP contribution in [-0.2, 0) is 25.7 Å². The highest BCUT2D eigenvalue weighted by Crippen LogP contribution is 2.35. The lowest BCUT2D eigenvalue weighted by Crippen LogP contribution is -2.57. The topological polar surface area (TPSA) is 148 Å². The third-order valence-electron chi connectivity index (χ3n) is 9.32. The number of nitrogens with one attached hydrogen (secondary N) is 3. The number of alkyl carbamates (subject to hydrolysis) is 1. The highest BCUT2D eigenvalue weighted by atomic mass is 16.6. The molecule has 5 rings (SSSR count). The fourth-order valence-corrected chi connectivity index (χ4v) is 6.57. The van der Waals surface area contributed by atoms with Crippen LogP contribution >= 0.6 is 0 Å². The van der Waals surface area contributed by atoms with Gasteiger partial charge in [-0.15, -0.1) is 0 Å². The van der Waals surface area contributed by atoms with Crippen molar-refractivity contribution in [3.05, 3.63) is 90.5 Å². The summed E-state index contributed by atoms with van der Waals surface area (Å²) < 4.78 is 17.7. The zero-order chi connectivity index (χ0) is 39.7. The van der Waals surface area contributed by atoms with Crippen LogP contribution in [0.2, 0.25) is 0 Å². The number of carbonyl (C=O) groups excluding carboxylic acids is 4. The van der Waals surface area contributed by atoms with Gasteiger partial charge in [0, 0.05) is 36.0 Å². The molecule has 0 saturated carbocycles. The zero-order valence-electron chi connectivity index (χ0n) is 32.8.